The molecule has 1 aliphatic rings. The van der Waals surface area contributed by atoms with Crippen molar-refractivity contribution >= 4 is 17.7 Å². The van der Waals surface area contributed by atoms with E-state index in [1.807, 2.05) is 19.1 Å². The van der Waals surface area contributed by atoms with Crippen LogP contribution >= 0.6 is 0 Å². The third kappa shape index (κ3) is 6.84. The van der Waals surface area contributed by atoms with Gasteiger partial charge in [0.1, 0.15) is 5.75 Å². The van der Waals surface area contributed by atoms with Crippen molar-refractivity contribution in [1.29, 1.82) is 0 Å². The van der Waals surface area contributed by atoms with E-state index in [0.717, 1.165) is 5.56 Å². The van der Waals surface area contributed by atoms with Crippen LogP contribution in [-0.4, -0.2) is 69.2 Å². The standard InChI is InChI=1S/C23H27N3O7/c1-16-5-3-4-6-18(16)32-14-21(27)24-25-23(29)17-7-8-19(20(13-17)30-2)33-15-22(28)26-9-11-31-12-10-26/h3-8,13H,9-12,14-15H2,1-2H3,(H,24,27)(H,25,29). The van der Waals surface area contributed by atoms with Gasteiger partial charge in [-0.1, -0.05) is 18.2 Å². The molecule has 10 heteroatoms. The highest BCUT2D eigenvalue weighted by Crippen LogP contribution is 2.28. The van der Waals surface area contributed by atoms with Crippen molar-refractivity contribution in [2.24, 2.45) is 0 Å². The number of nitrogens with zero attached hydrogens (tertiary/aromatic N) is 1. The summed E-state index contributed by atoms with van der Waals surface area (Å²) >= 11 is 0. The van der Waals surface area contributed by atoms with Crippen molar-refractivity contribution in [1.82, 2.24) is 15.8 Å². The van der Waals surface area contributed by atoms with Crippen LogP contribution in [0.5, 0.6) is 17.2 Å². The van der Waals surface area contributed by atoms with Gasteiger partial charge in [-0.2, -0.15) is 0 Å². The Hall–Kier alpha value is -3.79. The smallest absolute Gasteiger partial charge is 0.276 e. The maximum absolute atomic E-state index is 12.4. The number of hydrogen-bond acceptors (Lipinski definition) is 7. The third-order valence-corrected chi connectivity index (χ3v) is 4.91. The number of hydrogen-bond donors (Lipinski definition) is 2. The molecular formula is C23H27N3O7. The fraction of sp³-hybridized carbons (Fsp3) is 0.348. The van der Waals surface area contributed by atoms with E-state index in [-0.39, 0.29) is 30.4 Å². The number of amides is 3. The van der Waals surface area contributed by atoms with Crippen LogP contribution in [0.25, 0.3) is 0 Å². The minimum absolute atomic E-state index is 0.154. The molecule has 2 aromatic carbocycles. The van der Waals surface area contributed by atoms with Gasteiger partial charge in [-0.3, -0.25) is 25.2 Å². The second-order valence-corrected chi connectivity index (χ2v) is 7.20. The lowest BCUT2D eigenvalue weighted by Gasteiger charge is -2.26. The van der Waals surface area contributed by atoms with Crippen LogP contribution in [0.3, 0.4) is 0 Å². The molecule has 3 amide bonds. The summed E-state index contributed by atoms with van der Waals surface area (Å²) in [6.07, 6.45) is 0. The second kappa shape index (κ2) is 11.7. The number of benzene rings is 2. The van der Waals surface area contributed by atoms with Crippen molar-refractivity contribution < 1.29 is 33.3 Å². The van der Waals surface area contributed by atoms with Crippen molar-refractivity contribution in [3.05, 3.63) is 53.6 Å². The number of aryl methyl sites for hydroxylation is 1. The summed E-state index contributed by atoms with van der Waals surface area (Å²) in [4.78, 5) is 38.3. The highest BCUT2D eigenvalue weighted by molar-refractivity contribution is 5.96. The number of carbonyl (C=O) groups excluding carboxylic acids is 3. The Bertz CT molecular complexity index is 990. The number of morpholine rings is 1. The van der Waals surface area contributed by atoms with E-state index in [1.165, 1.54) is 25.3 Å². The molecule has 0 bridgehead atoms. The zero-order valence-electron chi connectivity index (χ0n) is 18.6. The Labute approximate surface area is 191 Å². The third-order valence-electron chi connectivity index (χ3n) is 4.91. The molecule has 1 fully saturated rings. The first kappa shape index (κ1) is 23.9. The van der Waals surface area contributed by atoms with Gasteiger partial charge in [-0.05, 0) is 36.8 Å². The molecule has 1 saturated heterocycles. The molecule has 0 atom stereocenters. The summed E-state index contributed by atoms with van der Waals surface area (Å²) in [5.74, 6) is -0.0178. The monoisotopic (exact) mass is 457 g/mol. The first-order valence-electron chi connectivity index (χ1n) is 10.4. The van der Waals surface area contributed by atoms with E-state index >= 15 is 0 Å². The van der Waals surface area contributed by atoms with Crippen LogP contribution in [0, 0.1) is 6.92 Å². The molecule has 1 aliphatic heterocycles. The predicted molar refractivity (Wildman–Crippen MR) is 118 cm³/mol. The fourth-order valence-corrected chi connectivity index (χ4v) is 3.07. The van der Waals surface area contributed by atoms with Crippen LogP contribution in [0.2, 0.25) is 0 Å². The molecule has 2 N–H and O–H groups in total. The van der Waals surface area contributed by atoms with Gasteiger partial charge in [-0.25, -0.2) is 0 Å². The van der Waals surface area contributed by atoms with Crippen molar-refractivity contribution in [3.8, 4) is 17.2 Å². The Balaban J connectivity index is 1.49. The first-order valence-corrected chi connectivity index (χ1v) is 10.4. The predicted octanol–water partition coefficient (Wildman–Crippen LogP) is 1.08. The topological polar surface area (TPSA) is 115 Å². The van der Waals surface area contributed by atoms with E-state index in [2.05, 4.69) is 10.9 Å². The van der Waals surface area contributed by atoms with Crippen LogP contribution in [0.15, 0.2) is 42.5 Å². The normalized spacial score (nSPS) is 13.1. The average molecular weight is 457 g/mol. The SMILES string of the molecule is COc1cc(C(=O)NNC(=O)COc2ccccc2C)ccc1OCC(=O)N1CCOCC1. The summed E-state index contributed by atoms with van der Waals surface area (Å²) < 4.78 is 21.5. The largest absolute Gasteiger partial charge is 0.493 e. The molecule has 0 aromatic heterocycles. The fourth-order valence-electron chi connectivity index (χ4n) is 3.07. The summed E-state index contributed by atoms with van der Waals surface area (Å²) in [5, 5.41) is 0. The van der Waals surface area contributed by atoms with Crippen LogP contribution in [-0.2, 0) is 14.3 Å². The Morgan fingerprint density at radius 3 is 2.39 bits per heavy atom. The molecule has 0 radical (unpaired) electrons. The van der Waals surface area contributed by atoms with Crippen LogP contribution < -0.4 is 25.1 Å². The van der Waals surface area contributed by atoms with E-state index in [4.69, 9.17) is 18.9 Å². The van der Waals surface area contributed by atoms with E-state index < -0.39 is 11.8 Å². The molecule has 10 nitrogen and oxygen atoms in total. The van der Waals surface area contributed by atoms with Gasteiger partial charge in [-0.15, -0.1) is 0 Å². The molecule has 0 unspecified atom stereocenters. The Morgan fingerprint density at radius 1 is 0.939 bits per heavy atom. The van der Waals surface area contributed by atoms with E-state index in [9.17, 15) is 14.4 Å². The first-order chi connectivity index (χ1) is 16.0. The molecule has 176 valence electrons. The summed E-state index contributed by atoms with van der Waals surface area (Å²) in [6, 6.07) is 11.8. The number of methoxy groups -OCH3 is 1. The van der Waals surface area contributed by atoms with Gasteiger partial charge in [0, 0.05) is 18.7 Å². The maximum Gasteiger partial charge on any atom is 0.276 e. The zero-order valence-corrected chi connectivity index (χ0v) is 18.6. The molecular weight excluding hydrogens is 430 g/mol. The summed E-state index contributed by atoms with van der Waals surface area (Å²) in [5.41, 5.74) is 5.76. The molecule has 2 aromatic rings. The van der Waals surface area contributed by atoms with Gasteiger partial charge >= 0.3 is 0 Å². The number of rotatable bonds is 8. The summed E-state index contributed by atoms with van der Waals surface area (Å²) in [7, 11) is 1.43. The number of carbonyl (C=O) groups is 3. The van der Waals surface area contributed by atoms with Gasteiger partial charge in [0.05, 0.1) is 20.3 Å². The number of hydrazine groups is 1. The van der Waals surface area contributed by atoms with Crippen LogP contribution in [0.1, 0.15) is 15.9 Å². The van der Waals surface area contributed by atoms with E-state index in [0.29, 0.717) is 37.8 Å². The maximum atomic E-state index is 12.4. The lowest BCUT2D eigenvalue weighted by molar-refractivity contribution is -0.137. The lowest BCUT2D eigenvalue weighted by Crippen LogP contribution is -2.43. The Kier molecular flexibility index (Phi) is 8.48. The molecule has 3 rings (SSSR count). The van der Waals surface area contributed by atoms with Gasteiger partial charge in [0.15, 0.2) is 24.7 Å². The zero-order chi connectivity index (χ0) is 23.6. The lowest BCUT2D eigenvalue weighted by atomic mass is 10.2. The highest BCUT2D eigenvalue weighted by atomic mass is 16.5. The van der Waals surface area contributed by atoms with Gasteiger partial charge < -0.3 is 23.8 Å². The van der Waals surface area contributed by atoms with Crippen molar-refractivity contribution in [3.63, 3.8) is 0 Å². The molecule has 33 heavy (non-hydrogen) atoms. The van der Waals surface area contributed by atoms with Crippen LogP contribution in [0.4, 0.5) is 0 Å². The number of ether oxygens (including phenoxy) is 4. The minimum atomic E-state index is -0.548. The van der Waals surface area contributed by atoms with Gasteiger partial charge in [0.25, 0.3) is 17.7 Å². The number of para-hydroxylation sites is 1. The average Bonchev–Trinajstić information content (AvgIpc) is 2.85. The second-order valence-electron chi connectivity index (χ2n) is 7.20. The molecule has 0 aliphatic carbocycles. The Morgan fingerprint density at radius 2 is 1.67 bits per heavy atom. The highest BCUT2D eigenvalue weighted by Gasteiger charge is 2.18. The summed E-state index contributed by atoms with van der Waals surface area (Å²) in [6.45, 7) is 3.53. The quantitative estimate of drug-likeness (QED) is 0.570. The van der Waals surface area contributed by atoms with Gasteiger partial charge in [0.2, 0.25) is 0 Å². The molecule has 1 heterocycles. The van der Waals surface area contributed by atoms with Crippen molar-refractivity contribution in [2.45, 2.75) is 6.92 Å². The van der Waals surface area contributed by atoms with Crippen molar-refractivity contribution in [2.75, 3.05) is 46.6 Å². The minimum Gasteiger partial charge on any atom is -0.493 e. The number of nitrogens with one attached hydrogen (secondary N) is 2. The van der Waals surface area contributed by atoms with E-state index in [1.54, 1.807) is 17.0 Å². The molecule has 0 saturated carbocycles. The molecule has 0 spiro atoms.